The smallest absolute Gasteiger partial charge is 0.177 e. The van der Waals surface area contributed by atoms with E-state index in [9.17, 15) is 0 Å². The Bertz CT molecular complexity index is 659. The molecule has 0 bridgehead atoms. The highest BCUT2D eigenvalue weighted by atomic mass is 79.9. The number of hydrogen-bond donors (Lipinski definition) is 1. The van der Waals surface area contributed by atoms with Crippen molar-refractivity contribution in [3.8, 4) is 5.75 Å². The van der Waals surface area contributed by atoms with Gasteiger partial charge in [0.15, 0.2) is 4.77 Å². The van der Waals surface area contributed by atoms with Crippen LogP contribution in [0.1, 0.15) is 16.8 Å². The second-order valence-electron chi connectivity index (χ2n) is 4.52. The van der Waals surface area contributed by atoms with Gasteiger partial charge in [0.2, 0.25) is 0 Å². The zero-order chi connectivity index (χ0) is 12.7. The molecular formula is C13H13BrN2OS. The maximum absolute atomic E-state index is 5.73. The Labute approximate surface area is 119 Å². The number of aromatic nitrogens is 2. The summed E-state index contributed by atoms with van der Waals surface area (Å²) in [4.78, 5) is 3.14. The second kappa shape index (κ2) is 4.55. The van der Waals surface area contributed by atoms with Crippen LogP contribution in [0.15, 0.2) is 22.8 Å². The van der Waals surface area contributed by atoms with Crippen molar-refractivity contribution in [2.24, 2.45) is 0 Å². The first-order chi connectivity index (χ1) is 8.63. The molecule has 94 valence electrons. The number of rotatable bonds is 2. The predicted molar refractivity (Wildman–Crippen MR) is 76.8 cm³/mol. The van der Waals surface area contributed by atoms with Crippen LogP contribution in [0, 0.1) is 11.7 Å². The lowest BCUT2D eigenvalue weighted by Crippen LogP contribution is -2.01. The maximum atomic E-state index is 5.73. The molecule has 3 rings (SSSR count). The first-order valence-electron chi connectivity index (χ1n) is 5.83. The first-order valence-corrected chi connectivity index (χ1v) is 7.04. The summed E-state index contributed by atoms with van der Waals surface area (Å²) in [5.74, 6) is 1.03. The Hall–Kier alpha value is -1.07. The molecular weight excluding hydrogens is 312 g/mol. The van der Waals surface area contributed by atoms with E-state index in [-0.39, 0.29) is 0 Å². The highest BCUT2D eigenvalue weighted by Gasteiger charge is 2.17. The number of nitrogens with zero attached hydrogens (tertiary/aromatic N) is 1. The van der Waals surface area contributed by atoms with Crippen LogP contribution in [0.25, 0.3) is 0 Å². The van der Waals surface area contributed by atoms with Gasteiger partial charge in [0.05, 0.1) is 13.2 Å². The van der Waals surface area contributed by atoms with Gasteiger partial charge in [-0.15, -0.1) is 0 Å². The van der Waals surface area contributed by atoms with Crippen LogP contribution in [-0.4, -0.2) is 16.2 Å². The normalized spacial score (nSPS) is 13.4. The Morgan fingerprint density at radius 3 is 3.06 bits per heavy atom. The van der Waals surface area contributed by atoms with Gasteiger partial charge in [-0.25, -0.2) is 0 Å². The summed E-state index contributed by atoms with van der Waals surface area (Å²) < 4.78 is 9.61. The van der Waals surface area contributed by atoms with Gasteiger partial charge in [-0.2, -0.15) is 0 Å². The summed E-state index contributed by atoms with van der Waals surface area (Å²) in [6, 6.07) is 4.24. The third-order valence-corrected chi connectivity index (χ3v) is 3.87. The van der Waals surface area contributed by atoms with E-state index in [1.54, 1.807) is 0 Å². The van der Waals surface area contributed by atoms with Crippen molar-refractivity contribution in [1.29, 1.82) is 0 Å². The van der Waals surface area contributed by atoms with Gasteiger partial charge in [0.1, 0.15) is 5.75 Å². The van der Waals surface area contributed by atoms with Crippen LogP contribution in [0.2, 0.25) is 0 Å². The number of aromatic amines is 1. The van der Waals surface area contributed by atoms with E-state index in [0.29, 0.717) is 0 Å². The lowest BCUT2D eigenvalue weighted by Gasteiger charge is -2.09. The monoisotopic (exact) mass is 324 g/mol. The van der Waals surface area contributed by atoms with Gasteiger partial charge >= 0.3 is 0 Å². The molecule has 0 saturated carbocycles. The van der Waals surface area contributed by atoms with Crippen molar-refractivity contribution in [2.45, 2.75) is 19.9 Å². The minimum absolute atomic E-state index is 0.741. The Balaban J connectivity index is 2.03. The molecule has 2 heterocycles. The summed E-state index contributed by atoms with van der Waals surface area (Å²) in [6.45, 7) is 3.52. The average Bonchev–Trinajstić information content (AvgIpc) is 2.86. The van der Waals surface area contributed by atoms with Gasteiger partial charge in [0.25, 0.3) is 0 Å². The van der Waals surface area contributed by atoms with Gasteiger partial charge in [-0.05, 0) is 36.8 Å². The second-order valence-corrected chi connectivity index (χ2v) is 5.82. The van der Waals surface area contributed by atoms with E-state index in [1.165, 1.54) is 11.1 Å². The Morgan fingerprint density at radius 1 is 1.50 bits per heavy atom. The molecule has 5 heteroatoms. The SMILES string of the molecule is Cc1cn(Cc2cc(Br)cc3c2OCC3)c(=S)[nH]1. The Kier molecular flexibility index (Phi) is 3.03. The highest BCUT2D eigenvalue weighted by molar-refractivity contribution is 9.10. The molecule has 1 aliphatic rings. The summed E-state index contributed by atoms with van der Waals surface area (Å²) in [6.07, 6.45) is 3.02. The molecule has 3 nitrogen and oxygen atoms in total. The molecule has 0 amide bonds. The quantitative estimate of drug-likeness (QED) is 0.855. The van der Waals surface area contributed by atoms with Crippen molar-refractivity contribution in [3.63, 3.8) is 0 Å². The van der Waals surface area contributed by atoms with Gasteiger partial charge < -0.3 is 14.3 Å². The number of imidazole rings is 1. The molecule has 0 spiro atoms. The van der Waals surface area contributed by atoms with Crippen molar-refractivity contribution >= 4 is 28.1 Å². The van der Waals surface area contributed by atoms with Crippen LogP contribution in [0.4, 0.5) is 0 Å². The fourth-order valence-electron chi connectivity index (χ4n) is 2.33. The number of halogens is 1. The van der Waals surface area contributed by atoms with Crippen molar-refractivity contribution in [3.05, 3.63) is 44.4 Å². The third kappa shape index (κ3) is 2.12. The third-order valence-electron chi connectivity index (χ3n) is 3.08. The molecule has 18 heavy (non-hydrogen) atoms. The van der Waals surface area contributed by atoms with E-state index in [2.05, 4.69) is 33.0 Å². The summed E-state index contributed by atoms with van der Waals surface area (Å²) in [5.41, 5.74) is 3.53. The molecule has 0 fully saturated rings. The lowest BCUT2D eigenvalue weighted by molar-refractivity contribution is 0.352. The number of H-pyrrole nitrogens is 1. The first kappa shape index (κ1) is 12.0. The van der Waals surface area contributed by atoms with E-state index in [0.717, 1.165) is 40.3 Å². The molecule has 1 aromatic carbocycles. The summed E-state index contributed by atoms with van der Waals surface area (Å²) in [5, 5.41) is 0. The molecule has 0 aliphatic carbocycles. The highest BCUT2D eigenvalue weighted by Crippen LogP contribution is 2.33. The minimum atomic E-state index is 0.741. The molecule has 0 atom stereocenters. The minimum Gasteiger partial charge on any atom is -0.493 e. The van der Waals surface area contributed by atoms with Crippen LogP contribution in [-0.2, 0) is 13.0 Å². The summed E-state index contributed by atoms with van der Waals surface area (Å²) >= 11 is 8.84. The maximum Gasteiger partial charge on any atom is 0.177 e. The molecule has 0 radical (unpaired) electrons. The molecule has 0 saturated heterocycles. The van der Waals surface area contributed by atoms with Gasteiger partial charge in [-0.3, -0.25) is 0 Å². The van der Waals surface area contributed by atoms with Crippen LogP contribution in [0.5, 0.6) is 5.75 Å². The number of aryl methyl sites for hydroxylation is 1. The van der Waals surface area contributed by atoms with E-state index in [4.69, 9.17) is 17.0 Å². The van der Waals surface area contributed by atoms with Crippen molar-refractivity contribution in [1.82, 2.24) is 9.55 Å². The number of ether oxygens (including phenoxy) is 1. The number of nitrogens with one attached hydrogen (secondary N) is 1. The molecule has 1 N–H and O–H groups in total. The van der Waals surface area contributed by atoms with Crippen molar-refractivity contribution in [2.75, 3.05) is 6.61 Å². The standard InChI is InChI=1S/C13H13BrN2OS/c1-8-6-16(13(18)15-8)7-10-5-11(14)4-9-2-3-17-12(9)10/h4-6H,2-3,7H2,1H3,(H,15,18). The number of benzene rings is 1. The van der Waals surface area contributed by atoms with Crippen LogP contribution in [0.3, 0.4) is 0 Å². The van der Waals surface area contributed by atoms with Crippen LogP contribution >= 0.6 is 28.1 Å². The number of hydrogen-bond acceptors (Lipinski definition) is 2. The van der Waals surface area contributed by atoms with E-state index >= 15 is 0 Å². The topological polar surface area (TPSA) is 29.9 Å². The van der Waals surface area contributed by atoms with Gasteiger partial charge in [-0.1, -0.05) is 15.9 Å². The molecule has 1 aromatic heterocycles. The zero-order valence-electron chi connectivity index (χ0n) is 10.00. The molecule has 1 aliphatic heterocycles. The predicted octanol–water partition coefficient (Wildman–Crippen LogP) is 3.60. The van der Waals surface area contributed by atoms with Crippen molar-refractivity contribution < 1.29 is 4.74 Å². The van der Waals surface area contributed by atoms with E-state index in [1.807, 2.05) is 17.7 Å². The zero-order valence-corrected chi connectivity index (χ0v) is 12.4. The fraction of sp³-hybridized carbons (Fsp3) is 0.308. The fourth-order valence-corrected chi connectivity index (χ4v) is 3.16. The van der Waals surface area contributed by atoms with E-state index < -0.39 is 0 Å². The molecule has 2 aromatic rings. The average molecular weight is 325 g/mol. The lowest BCUT2D eigenvalue weighted by atomic mass is 10.1. The van der Waals surface area contributed by atoms with Crippen LogP contribution < -0.4 is 4.74 Å². The summed E-state index contributed by atoms with van der Waals surface area (Å²) in [7, 11) is 0. The largest absolute Gasteiger partial charge is 0.493 e. The van der Waals surface area contributed by atoms with Gasteiger partial charge in [0, 0.05) is 28.3 Å². The Morgan fingerprint density at radius 2 is 2.33 bits per heavy atom. The molecule has 0 unspecified atom stereocenters. The number of fused-ring (bicyclic) bond motifs is 1.